The Bertz CT molecular complexity index is 758. The number of sulfonamides is 1. The van der Waals surface area contributed by atoms with Crippen LogP contribution in [0.15, 0.2) is 34.5 Å². The molecule has 1 atom stereocenters. The number of hydrogen-bond acceptors (Lipinski definition) is 5. The lowest BCUT2D eigenvalue weighted by Gasteiger charge is -2.17. The third-order valence-electron chi connectivity index (χ3n) is 3.05. The van der Waals surface area contributed by atoms with Gasteiger partial charge in [-0.25, -0.2) is 13.1 Å². The van der Waals surface area contributed by atoms with Gasteiger partial charge in [-0.2, -0.15) is 0 Å². The summed E-state index contributed by atoms with van der Waals surface area (Å²) < 4.78 is 38.4. The van der Waals surface area contributed by atoms with Crippen molar-refractivity contribution in [2.75, 3.05) is 14.2 Å². The Morgan fingerprint density at radius 1 is 1.18 bits per heavy atom. The highest BCUT2D eigenvalue weighted by Gasteiger charge is 2.22. The van der Waals surface area contributed by atoms with Crippen LogP contribution in [0.3, 0.4) is 0 Å². The molecule has 0 fully saturated rings. The van der Waals surface area contributed by atoms with Crippen LogP contribution in [0.2, 0.25) is 4.34 Å². The van der Waals surface area contributed by atoms with Gasteiger partial charge in [0.25, 0.3) is 10.0 Å². The Labute approximate surface area is 138 Å². The van der Waals surface area contributed by atoms with E-state index in [0.29, 0.717) is 21.4 Å². The zero-order valence-electron chi connectivity index (χ0n) is 12.3. The quantitative estimate of drug-likeness (QED) is 0.855. The molecule has 1 aromatic carbocycles. The maximum atomic E-state index is 12.4. The molecule has 120 valence electrons. The lowest BCUT2D eigenvalue weighted by Crippen LogP contribution is -2.26. The van der Waals surface area contributed by atoms with E-state index in [4.69, 9.17) is 21.1 Å². The van der Waals surface area contributed by atoms with Gasteiger partial charge < -0.3 is 9.47 Å². The molecule has 0 saturated carbocycles. The van der Waals surface area contributed by atoms with Gasteiger partial charge in [0, 0.05) is 11.6 Å². The van der Waals surface area contributed by atoms with Gasteiger partial charge in [0.15, 0.2) is 0 Å². The van der Waals surface area contributed by atoms with E-state index in [1.54, 1.807) is 38.3 Å². The third kappa shape index (κ3) is 3.73. The van der Waals surface area contributed by atoms with E-state index in [0.717, 1.165) is 11.3 Å². The van der Waals surface area contributed by atoms with Gasteiger partial charge in [-0.05, 0) is 37.3 Å². The van der Waals surface area contributed by atoms with Crippen molar-refractivity contribution in [2.45, 2.75) is 17.2 Å². The minimum atomic E-state index is -3.64. The van der Waals surface area contributed by atoms with E-state index < -0.39 is 16.1 Å². The number of hydrogen-bond donors (Lipinski definition) is 1. The molecule has 2 aromatic rings. The van der Waals surface area contributed by atoms with Gasteiger partial charge in [0.05, 0.1) is 18.6 Å². The van der Waals surface area contributed by atoms with E-state index >= 15 is 0 Å². The predicted octanol–water partition coefficient (Wildman–Crippen LogP) is 3.46. The molecule has 0 amide bonds. The molecular formula is C14H16ClNO4S2. The molecule has 0 saturated heterocycles. The van der Waals surface area contributed by atoms with Gasteiger partial charge in [0.1, 0.15) is 15.7 Å². The number of benzene rings is 1. The average Bonchev–Trinajstić information content (AvgIpc) is 2.93. The van der Waals surface area contributed by atoms with Crippen molar-refractivity contribution in [3.63, 3.8) is 0 Å². The second kappa shape index (κ2) is 6.87. The third-order valence-corrected chi connectivity index (χ3v) is 6.31. The summed E-state index contributed by atoms with van der Waals surface area (Å²) in [5, 5.41) is 0. The summed E-state index contributed by atoms with van der Waals surface area (Å²) in [7, 11) is -0.561. The summed E-state index contributed by atoms with van der Waals surface area (Å²) in [5.74, 6) is 1.21. The van der Waals surface area contributed by atoms with Crippen molar-refractivity contribution < 1.29 is 17.9 Å². The zero-order chi connectivity index (χ0) is 16.3. The second-order valence-electron chi connectivity index (χ2n) is 4.51. The van der Waals surface area contributed by atoms with E-state index in [9.17, 15) is 8.42 Å². The first-order valence-electron chi connectivity index (χ1n) is 6.37. The number of nitrogens with one attached hydrogen (secondary N) is 1. The standard InChI is InChI=1S/C14H16ClNO4S2/c1-9(11-8-10(19-2)4-5-12(11)20-3)16-22(17,18)14-7-6-13(15)21-14/h4-9,16H,1-3H3. The maximum Gasteiger partial charge on any atom is 0.250 e. The summed E-state index contributed by atoms with van der Waals surface area (Å²) >= 11 is 6.81. The van der Waals surface area contributed by atoms with Crippen LogP contribution in [0, 0.1) is 0 Å². The Morgan fingerprint density at radius 3 is 2.45 bits per heavy atom. The normalized spacial score (nSPS) is 12.9. The van der Waals surface area contributed by atoms with Crippen LogP contribution < -0.4 is 14.2 Å². The van der Waals surface area contributed by atoms with Gasteiger partial charge in [-0.3, -0.25) is 0 Å². The number of rotatable bonds is 6. The Kier molecular flexibility index (Phi) is 5.33. The smallest absolute Gasteiger partial charge is 0.250 e. The van der Waals surface area contributed by atoms with Crippen molar-refractivity contribution >= 4 is 33.0 Å². The zero-order valence-corrected chi connectivity index (χ0v) is 14.7. The minimum Gasteiger partial charge on any atom is -0.497 e. The molecule has 1 unspecified atom stereocenters. The molecule has 2 rings (SSSR count). The fourth-order valence-corrected chi connectivity index (χ4v) is 4.70. The first-order chi connectivity index (χ1) is 10.4. The molecule has 0 aliphatic carbocycles. The number of halogens is 1. The summed E-state index contributed by atoms with van der Waals surface area (Å²) in [5.41, 5.74) is 0.688. The predicted molar refractivity (Wildman–Crippen MR) is 87.6 cm³/mol. The first-order valence-corrected chi connectivity index (χ1v) is 9.04. The highest BCUT2D eigenvalue weighted by atomic mass is 35.5. The number of thiophene rings is 1. The molecule has 1 aromatic heterocycles. The average molecular weight is 362 g/mol. The molecule has 1 heterocycles. The first kappa shape index (κ1) is 17.1. The largest absolute Gasteiger partial charge is 0.497 e. The molecule has 8 heteroatoms. The van der Waals surface area contributed by atoms with Crippen LogP contribution in [-0.4, -0.2) is 22.6 Å². The van der Waals surface area contributed by atoms with Crippen LogP contribution in [0.5, 0.6) is 11.5 Å². The number of ether oxygens (including phenoxy) is 2. The maximum absolute atomic E-state index is 12.4. The fraction of sp³-hybridized carbons (Fsp3) is 0.286. The Hall–Kier alpha value is -1.28. The van der Waals surface area contributed by atoms with E-state index in [2.05, 4.69) is 4.72 Å². The molecule has 0 bridgehead atoms. The summed E-state index contributed by atoms with van der Waals surface area (Å²) in [6, 6.07) is 7.77. The van der Waals surface area contributed by atoms with Gasteiger partial charge in [-0.15, -0.1) is 11.3 Å². The SMILES string of the molecule is COc1ccc(OC)c(C(C)NS(=O)(=O)c2ccc(Cl)s2)c1. The molecule has 0 aliphatic heterocycles. The highest BCUT2D eigenvalue weighted by Crippen LogP contribution is 2.31. The van der Waals surface area contributed by atoms with Crippen molar-refractivity contribution in [3.05, 3.63) is 40.2 Å². The summed E-state index contributed by atoms with van der Waals surface area (Å²) in [6.07, 6.45) is 0. The van der Waals surface area contributed by atoms with Gasteiger partial charge >= 0.3 is 0 Å². The highest BCUT2D eigenvalue weighted by molar-refractivity contribution is 7.91. The topological polar surface area (TPSA) is 64.6 Å². The van der Waals surface area contributed by atoms with Crippen LogP contribution in [0.4, 0.5) is 0 Å². The molecule has 5 nitrogen and oxygen atoms in total. The van der Waals surface area contributed by atoms with Crippen LogP contribution in [0.1, 0.15) is 18.5 Å². The monoisotopic (exact) mass is 361 g/mol. The number of methoxy groups -OCH3 is 2. The molecule has 22 heavy (non-hydrogen) atoms. The Balaban J connectivity index is 2.30. The van der Waals surface area contributed by atoms with Crippen molar-refractivity contribution in [1.82, 2.24) is 4.72 Å². The van der Waals surface area contributed by atoms with Gasteiger partial charge in [-0.1, -0.05) is 11.6 Å². The lowest BCUT2D eigenvalue weighted by atomic mass is 10.1. The van der Waals surface area contributed by atoms with Gasteiger partial charge in [0.2, 0.25) is 0 Å². The molecule has 0 aliphatic rings. The molecular weight excluding hydrogens is 346 g/mol. The van der Waals surface area contributed by atoms with Crippen LogP contribution in [-0.2, 0) is 10.0 Å². The fourth-order valence-electron chi connectivity index (χ4n) is 1.97. The molecule has 1 N–H and O–H groups in total. The van der Waals surface area contributed by atoms with Crippen LogP contribution >= 0.6 is 22.9 Å². The van der Waals surface area contributed by atoms with Crippen LogP contribution in [0.25, 0.3) is 0 Å². The molecule has 0 spiro atoms. The van der Waals surface area contributed by atoms with E-state index in [-0.39, 0.29) is 4.21 Å². The summed E-state index contributed by atoms with van der Waals surface area (Å²) in [6.45, 7) is 1.74. The van der Waals surface area contributed by atoms with Crippen molar-refractivity contribution in [2.24, 2.45) is 0 Å². The van der Waals surface area contributed by atoms with E-state index in [1.807, 2.05) is 0 Å². The lowest BCUT2D eigenvalue weighted by molar-refractivity contribution is 0.395. The van der Waals surface area contributed by atoms with Crippen molar-refractivity contribution in [3.8, 4) is 11.5 Å². The minimum absolute atomic E-state index is 0.172. The Morgan fingerprint density at radius 2 is 1.91 bits per heavy atom. The summed E-state index contributed by atoms with van der Waals surface area (Å²) in [4.78, 5) is 0. The van der Waals surface area contributed by atoms with Crippen molar-refractivity contribution in [1.29, 1.82) is 0 Å². The molecule has 0 radical (unpaired) electrons. The van der Waals surface area contributed by atoms with E-state index in [1.165, 1.54) is 13.2 Å². The second-order valence-corrected chi connectivity index (χ2v) is 8.17.